The fourth-order valence-electron chi connectivity index (χ4n) is 3.01. The molecule has 0 radical (unpaired) electrons. The first-order valence-corrected chi connectivity index (χ1v) is 8.72. The number of aliphatic imine (C=N–C) groups is 1. The lowest BCUT2D eigenvalue weighted by Crippen LogP contribution is -2.00. The van der Waals surface area contributed by atoms with Gasteiger partial charge in [-0.25, -0.2) is 0 Å². The average molecular weight is 348 g/mol. The maximum absolute atomic E-state index is 5.53. The normalized spacial score (nSPS) is 11.1. The third-order valence-corrected chi connectivity index (χ3v) is 4.28. The summed E-state index contributed by atoms with van der Waals surface area (Å²) in [7, 11) is 1.66. The number of rotatable bonds is 6. The largest absolute Gasteiger partial charge is 0.497 e. The molecule has 0 atom stereocenters. The van der Waals surface area contributed by atoms with Crippen LogP contribution < -0.4 is 9.47 Å². The summed E-state index contributed by atoms with van der Waals surface area (Å²) < 4.78 is 13.0. The maximum Gasteiger partial charge on any atom is 0.121 e. The summed E-state index contributed by atoms with van der Waals surface area (Å²) in [4.78, 5) is 4.59. The van der Waals surface area contributed by atoms with E-state index in [2.05, 4.69) is 41.6 Å². The van der Waals surface area contributed by atoms with Crippen molar-refractivity contribution in [1.82, 2.24) is 4.57 Å². The molecule has 0 spiro atoms. The molecule has 0 aliphatic rings. The van der Waals surface area contributed by atoms with E-state index < -0.39 is 0 Å². The molecule has 0 amide bonds. The Morgan fingerprint density at radius 2 is 1.77 bits per heavy atom. The molecular weight excluding hydrogens is 324 g/mol. The second kappa shape index (κ2) is 7.91. The molecule has 0 saturated heterocycles. The number of aromatic nitrogens is 1. The quantitative estimate of drug-likeness (QED) is 0.570. The molecule has 0 fully saturated rings. The maximum atomic E-state index is 5.53. The topological polar surface area (TPSA) is 35.8 Å². The van der Waals surface area contributed by atoms with Gasteiger partial charge >= 0.3 is 0 Å². The predicted octanol–water partition coefficient (Wildman–Crippen LogP) is 5.25. The Hall–Kier alpha value is -3.01. The Bertz CT molecular complexity index is 908. The van der Waals surface area contributed by atoms with Gasteiger partial charge in [-0.1, -0.05) is 6.07 Å². The van der Waals surface area contributed by atoms with Crippen molar-refractivity contribution < 1.29 is 9.47 Å². The van der Waals surface area contributed by atoms with Crippen molar-refractivity contribution in [1.29, 1.82) is 0 Å². The number of benzene rings is 2. The van der Waals surface area contributed by atoms with Gasteiger partial charge in [-0.05, 0) is 63.2 Å². The number of hydrogen-bond acceptors (Lipinski definition) is 3. The van der Waals surface area contributed by atoms with Crippen molar-refractivity contribution in [3.05, 3.63) is 71.5 Å². The summed E-state index contributed by atoms with van der Waals surface area (Å²) in [6, 6.07) is 18.0. The van der Waals surface area contributed by atoms with E-state index in [-0.39, 0.29) is 0 Å². The minimum atomic E-state index is 0.672. The fourth-order valence-corrected chi connectivity index (χ4v) is 3.01. The second-order valence-corrected chi connectivity index (χ2v) is 6.05. The second-order valence-electron chi connectivity index (χ2n) is 6.05. The number of methoxy groups -OCH3 is 1. The minimum Gasteiger partial charge on any atom is -0.497 e. The van der Waals surface area contributed by atoms with Crippen LogP contribution in [0.1, 0.15) is 23.9 Å². The van der Waals surface area contributed by atoms with Gasteiger partial charge in [-0.2, -0.15) is 0 Å². The zero-order valence-corrected chi connectivity index (χ0v) is 15.7. The Morgan fingerprint density at radius 3 is 2.46 bits per heavy atom. The van der Waals surface area contributed by atoms with Crippen molar-refractivity contribution in [3.63, 3.8) is 0 Å². The van der Waals surface area contributed by atoms with E-state index in [4.69, 9.17) is 9.47 Å². The van der Waals surface area contributed by atoms with Gasteiger partial charge in [0.2, 0.25) is 0 Å². The van der Waals surface area contributed by atoms with Crippen LogP contribution in [0.4, 0.5) is 5.69 Å². The smallest absolute Gasteiger partial charge is 0.121 e. The Morgan fingerprint density at radius 1 is 1.00 bits per heavy atom. The van der Waals surface area contributed by atoms with Gasteiger partial charge in [0, 0.05) is 34.9 Å². The highest BCUT2D eigenvalue weighted by Crippen LogP contribution is 2.23. The monoisotopic (exact) mass is 348 g/mol. The first-order chi connectivity index (χ1) is 12.6. The predicted molar refractivity (Wildman–Crippen MR) is 107 cm³/mol. The molecule has 0 unspecified atom stereocenters. The van der Waals surface area contributed by atoms with E-state index in [1.807, 2.05) is 49.5 Å². The molecule has 0 aliphatic carbocycles. The molecule has 1 aromatic heterocycles. The third-order valence-electron chi connectivity index (χ3n) is 4.28. The molecular formula is C22H24N2O2. The van der Waals surface area contributed by atoms with Crippen molar-refractivity contribution >= 4 is 11.9 Å². The third kappa shape index (κ3) is 3.80. The summed E-state index contributed by atoms with van der Waals surface area (Å²) in [5, 5.41) is 0. The summed E-state index contributed by atoms with van der Waals surface area (Å²) in [5.41, 5.74) is 5.40. The van der Waals surface area contributed by atoms with E-state index in [0.717, 1.165) is 34.1 Å². The van der Waals surface area contributed by atoms with Crippen LogP contribution in [0.15, 0.2) is 59.6 Å². The van der Waals surface area contributed by atoms with Gasteiger partial charge in [0.1, 0.15) is 11.5 Å². The lowest BCUT2D eigenvalue weighted by atomic mass is 10.2. The van der Waals surface area contributed by atoms with Crippen LogP contribution >= 0.6 is 0 Å². The fraction of sp³-hybridized carbons (Fsp3) is 0.227. The van der Waals surface area contributed by atoms with Gasteiger partial charge in [0.25, 0.3) is 0 Å². The zero-order valence-electron chi connectivity index (χ0n) is 15.7. The van der Waals surface area contributed by atoms with Crippen LogP contribution in [0.25, 0.3) is 5.69 Å². The van der Waals surface area contributed by atoms with Crippen molar-refractivity contribution in [2.75, 3.05) is 13.7 Å². The lowest BCUT2D eigenvalue weighted by molar-refractivity contribution is 0.340. The highest BCUT2D eigenvalue weighted by molar-refractivity contribution is 5.84. The summed E-state index contributed by atoms with van der Waals surface area (Å²) in [6.07, 6.45) is 1.90. The zero-order chi connectivity index (χ0) is 18.5. The van der Waals surface area contributed by atoms with Crippen LogP contribution in [0.2, 0.25) is 0 Å². The molecule has 3 rings (SSSR count). The standard InChI is InChI=1S/C22H24N2O2/c1-5-26-21-11-9-20(10-12-21)24-16(2)13-18(17(24)3)15-23-19-7-6-8-22(14-19)25-4/h6-15H,5H2,1-4H3. The molecule has 3 aromatic rings. The first-order valence-electron chi connectivity index (χ1n) is 8.72. The number of nitrogens with zero attached hydrogens (tertiary/aromatic N) is 2. The van der Waals surface area contributed by atoms with E-state index in [1.54, 1.807) is 7.11 Å². The summed E-state index contributed by atoms with van der Waals surface area (Å²) in [5.74, 6) is 1.69. The van der Waals surface area contributed by atoms with E-state index >= 15 is 0 Å². The van der Waals surface area contributed by atoms with Crippen molar-refractivity contribution in [2.45, 2.75) is 20.8 Å². The molecule has 2 aromatic carbocycles. The lowest BCUT2D eigenvalue weighted by Gasteiger charge is -2.11. The highest BCUT2D eigenvalue weighted by atomic mass is 16.5. The average Bonchev–Trinajstić information content (AvgIpc) is 2.95. The number of aryl methyl sites for hydroxylation is 1. The van der Waals surface area contributed by atoms with Crippen LogP contribution in [-0.2, 0) is 0 Å². The number of ether oxygens (including phenoxy) is 2. The highest BCUT2D eigenvalue weighted by Gasteiger charge is 2.09. The molecule has 0 N–H and O–H groups in total. The minimum absolute atomic E-state index is 0.672. The molecule has 26 heavy (non-hydrogen) atoms. The van der Waals surface area contributed by atoms with Gasteiger partial charge in [-0.3, -0.25) is 4.99 Å². The van der Waals surface area contributed by atoms with Crippen LogP contribution in [0, 0.1) is 13.8 Å². The number of hydrogen-bond donors (Lipinski definition) is 0. The Balaban J connectivity index is 1.88. The first kappa shape index (κ1) is 17.8. The molecule has 134 valence electrons. The summed E-state index contributed by atoms with van der Waals surface area (Å²) in [6.45, 7) is 6.87. The molecule has 0 aliphatic heterocycles. The molecule has 4 heteroatoms. The van der Waals surface area contributed by atoms with Crippen LogP contribution in [-0.4, -0.2) is 24.5 Å². The SMILES string of the molecule is CCOc1ccc(-n2c(C)cc(C=Nc3cccc(OC)c3)c2C)cc1. The Kier molecular flexibility index (Phi) is 5.42. The summed E-state index contributed by atoms with van der Waals surface area (Å²) >= 11 is 0. The van der Waals surface area contributed by atoms with E-state index in [1.165, 1.54) is 5.69 Å². The molecule has 4 nitrogen and oxygen atoms in total. The molecule has 0 bridgehead atoms. The van der Waals surface area contributed by atoms with Gasteiger partial charge in [0.15, 0.2) is 0 Å². The Labute approximate surface area is 154 Å². The van der Waals surface area contributed by atoms with Crippen molar-refractivity contribution in [2.24, 2.45) is 4.99 Å². The van der Waals surface area contributed by atoms with E-state index in [9.17, 15) is 0 Å². The van der Waals surface area contributed by atoms with Crippen LogP contribution in [0.3, 0.4) is 0 Å². The van der Waals surface area contributed by atoms with E-state index in [0.29, 0.717) is 6.61 Å². The van der Waals surface area contributed by atoms with Gasteiger partial charge < -0.3 is 14.0 Å². The van der Waals surface area contributed by atoms with Gasteiger partial charge in [0.05, 0.1) is 19.4 Å². The molecule has 1 heterocycles. The van der Waals surface area contributed by atoms with Crippen LogP contribution in [0.5, 0.6) is 11.5 Å². The molecule has 0 saturated carbocycles. The van der Waals surface area contributed by atoms with Gasteiger partial charge in [-0.15, -0.1) is 0 Å². The van der Waals surface area contributed by atoms with Crippen molar-refractivity contribution in [3.8, 4) is 17.2 Å².